The maximum atomic E-state index is 13.0. The normalized spacial score (nSPS) is 14.3. The Morgan fingerprint density at radius 3 is 0.932 bits per heavy atom. The average molecular weight is 1290 g/mol. The van der Waals surface area contributed by atoms with Crippen LogP contribution in [0.2, 0.25) is 0 Å². The van der Waals surface area contributed by atoms with Gasteiger partial charge in [0, 0.05) is 25.7 Å². The van der Waals surface area contributed by atoms with Crippen molar-refractivity contribution < 1.29 is 80.2 Å². The largest absolute Gasteiger partial charge is 0.472 e. The number of carbonyl (C=O) groups excluding carboxylic acids is 4. The van der Waals surface area contributed by atoms with E-state index in [1.54, 1.807) is 0 Å². The molecular weight excluding hydrogens is 1160 g/mol. The van der Waals surface area contributed by atoms with E-state index in [2.05, 4.69) is 58.9 Å². The number of ether oxygens (including phenoxy) is 4. The predicted molar refractivity (Wildman–Crippen MR) is 354 cm³/mol. The molecule has 0 aliphatic heterocycles. The Hall–Kier alpha value is -2.46. The third-order valence-electron chi connectivity index (χ3n) is 15.4. The van der Waals surface area contributed by atoms with Crippen molar-refractivity contribution >= 4 is 39.5 Å². The second-order valence-corrected chi connectivity index (χ2v) is 27.6. The van der Waals surface area contributed by atoms with Crippen molar-refractivity contribution in [2.75, 3.05) is 39.6 Å². The number of hydrogen-bond donors (Lipinski definition) is 3. The van der Waals surface area contributed by atoms with Gasteiger partial charge in [0.25, 0.3) is 0 Å². The van der Waals surface area contributed by atoms with Crippen LogP contribution in [0.3, 0.4) is 0 Å². The van der Waals surface area contributed by atoms with E-state index < -0.39 is 97.5 Å². The first-order valence-corrected chi connectivity index (χ1v) is 38.4. The first-order chi connectivity index (χ1) is 42.5. The molecule has 0 radical (unpaired) electrons. The van der Waals surface area contributed by atoms with Gasteiger partial charge in [0.2, 0.25) is 0 Å². The molecule has 518 valence electrons. The Labute approximate surface area is 535 Å². The molecule has 0 bridgehead atoms. The van der Waals surface area contributed by atoms with E-state index in [9.17, 15) is 43.2 Å². The highest BCUT2D eigenvalue weighted by molar-refractivity contribution is 7.47. The second-order valence-electron chi connectivity index (χ2n) is 24.7. The standard InChI is InChI=1S/C69H130O17P2/c1-6-9-12-15-18-20-22-24-26-28-30-32-34-39-44-49-54-68(73)85-65(59-80-67(72)53-48-43-38-33-31-29-27-25-23-21-19-16-13-10-7-2)61-84-88(77,78)82-57-63(70)56-81-87(75,76)83-60-64(58-79-66(71)52-47-42-36-17-14-11-8-3)86-69(74)55-50-45-40-35-37-41-46-51-62(4)5/h21,23,25,27,62-65,70H,6-20,22,24,26,28-61H2,1-5H3,(H,75,76)(H,77,78)/b23-21-,27-25-/t63-,64+,65+/m0/s1. The Kier molecular flexibility index (Phi) is 60.3. The van der Waals surface area contributed by atoms with Crippen LogP contribution in [0.1, 0.15) is 330 Å². The lowest BCUT2D eigenvalue weighted by Gasteiger charge is -2.21. The number of unbranched alkanes of at least 4 members (excludes halogenated alkanes) is 36. The van der Waals surface area contributed by atoms with Gasteiger partial charge in [0.05, 0.1) is 26.4 Å². The van der Waals surface area contributed by atoms with Gasteiger partial charge in [0.1, 0.15) is 19.3 Å². The minimum absolute atomic E-state index is 0.101. The van der Waals surface area contributed by atoms with Crippen LogP contribution >= 0.6 is 15.6 Å². The number of allylic oxidation sites excluding steroid dienone is 4. The molecule has 0 saturated carbocycles. The van der Waals surface area contributed by atoms with Crippen molar-refractivity contribution in [3.05, 3.63) is 24.3 Å². The minimum Gasteiger partial charge on any atom is -0.462 e. The monoisotopic (exact) mass is 1290 g/mol. The molecule has 0 aromatic heterocycles. The number of phosphoric ester groups is 2. The van der Waals surface area contributed by atoms with Crippen LogP contribution < -0.4 is 0 Å². The fraction of sp³-hybridized carbons (Fsp3) is 0.884. The zero-order valence-corrected chi connectivity index (χ0v) is 58.1. The molecule has 0 aliphatic rings. The van der Waals surface area contributed by atoms with E-state index in [-0.39, 0.29) is 25.7 Å². The molecule has 3 N–H and O–H groups in total. The number of carbonyl (C=O) groups is 4. The van der Waals surface area contributed by atoms with E-state index in [0.29, 0.717) is 31.6 Å². The lowest BCUT2D eigenvalue weighted by Crippen LogP contribution is -2.30. The molecule has 19 heteroatoms. The van der Waals surface area contributed by atoms with Crippen molar-refractivity contribution in [1.82, 2.24) is 0 Å². The average Bonchev–Trinajstić information content (AvgIpc) is 3.56. The third-order valence-corrected chi connectivity index (χ3v) is 17.3. The summed E-state index contributed by atoms with van der Waals surface area (Å²) in [6.07, 6.45) is 51.0. The topological polar surface area (TPSA) is 237 Å². The molecule has 88 heavy (non-hydrogen) atoms. The Balaban J connectivity index is 5.24. The number of rotatable bonds is 67. The number of aliphatic hydroxyl groups is 1. The van der Waals surface area contributed by atoms with Crippen LogP contribution in [-0.2, 0) is 65.4 Å². The first kappa shape index (κ1) is 85.5. The van der Waals surface area contributed by atoms with Crippen molar-refractivity contribution in [3.63, 3.8) is 0 Å². The highest BCUT2D eigenvalue weighted by atomic mass is 31.2. The Morgan fingerprint density at radius 1 is 0.352 bits per heavy atom. The van der Waals surface area contributed by atoms with Gasteiger partial charge >= 0.3 is 39.5 Å². The van der Waals surface area contributed by atoms with Gasteiger partial charge in [0.15, 0.2) is 12.2 Å². The summed E-state index contributed by atoms with van der Waals surface area (Å²) in [5.41, 5.74) is 0. The molecular formula is C69H130O17P2. The van der Waals surface area contributed by atoms with Gasteiger partial charge in [-0.2, -0.15) is 0 Å². The summed E-state index contributed by atoms with van der Waals surface area (Å²) >= 11 is 0. The lowest BCUT2D eigenvalue weighted by molar-refractivity contribution is -0.161. The van der Waals surface area contributed by atoms with Crippen LogP contribution in [0.4, 0.5) is 0 Å². The van der Waals surface area contributed by atoms with Crippen molar-refractivity contribution in [3.8, 4) is 0 Å². The summed E-state index contributed by atoms with van der Waals surface area (Å²) in [4.78, 5) is 72.3. The molecule has 0 spiro atoms. The molecule has 17 nitrogen and oxygen atoms in total. The molecule has 0 aromatic carbocycles. The molecule has 0 fully saturated rings. The van der Waals surface area contributed by atoms with Crippen LogP contribution in [0.15, 0.2) is 24.3 Å². The van der Waals surface area contributed by atoms with Crippen LogP contribution in [-0.4, -0.2) is 96.7 Å². The zero-order valence-electron chi connectivity index (χ0n) is 56.3. The molecule has 0 heterocycles. The van der Waals surface area contributed by atoms with Crippen molar-refractivity contribution in [2.24, 2.45) is 5.92 Å². The summed E-state index contributed by atoms with van der Waals surface area (Å²) in [7, 11) is -9.90. The van der Waals surface area contributed by atoms with Gasteiger partial charge in [-0.15, -0.1) is 0 Å². The fourth-order valence-electron chi connectivity index (χ4n) is 9.93. The summed E-state index contributed by atoms with van der Waals surface area (Å²) in [6.45, 7) is 7.06. The highest BCUT2D eigenvalue weighted by Crippen LogP contribution is 2.45. The van der Waals surface area contributed by atoms with Crippen LogP contribution in [0.25, 0.3) is 0 Å². The smallest absolute Gasteiger partial charge is 0.462 e. The molecule has 0 amide bonds. The number of phosphoric acid groups is 2. The molecule has 5 atom stereocenters. The van der Waals surface area contributed by atoms with E-state index in [4.69, 9.17) is 37.0 Å². The van der Waals surface area contributed by atoms with Gasteiger partial charge in [-0.05, 0) is 57.3 Å². The van der Waals surface area contributed by atoms with E-state index in [1.807, 2.05) is 0 Å². The number of aliphatic hydroxyl groups excluding tert-OH is 1. The Morgan fingerprint density at radius 2 is 0.614 bits per heavy atom. The van der Waals surface area contributed by atoms with Gasteiger partial charge in [-0.25, -0.2) is 9.13 Å². The fourth-order valence-corrected chi connectivity index (χ4v) is 11.5. The molecule has 2 unspecified atom stereocenters. The molecule has 0 rings (SSSR count). The highest BCUT2D eigenvalue weighted by Gasteiger charge is 2.30. The Bertz CT molecular complexity index is 1800. The van der Waals surface area contributed by atoms with Crippen LogP contribution in [0, 0.1) is 5.92 Å². The number of esters is 4. The maximum Gasteiger partial charge on any atom is 0.472 e. The van der Waals surface area contributed by atoms with E-state index >= 15 is 0 Å². The summed E-state index contributed by atoms with van der Waals surface area (Å²) in [5.74, 6) is -1.47. The predicted octanol–water partition coefficient (Wildman–Crippen LogP) is 19.3. The molecule has 0 aromatic rings. The molecule has 0 aliphatic carbocycles. The maximum absolute atomic E-state index is 13.0. The molecule has 0 saturated heterocycles. The second kappa shape index (κ2) is 62.0. The third kappa shape index (κ3) is 62.4. The number of hydrogen-bond acceptors (Lipinski definition) is 15. The van der Waals surface area contributed by atoms with Crippen molar-refractivity contribution in [1.29, 1.82) is 0 Å². The zero-order chi connectivity index (χ0) is 64.9. The lowest BCUT2D eigenvalue weighted by atomic mass is 10.0. The van der Waals surface area contributed by atoms with Crippen LogP contribution in [0.5, 0.6) is 0 Å². The SMILES string of the molecule is CCCCCC/C=C\C=C/CCCCCCCC(=O)OC[C@H](COP(=O)(O)OC[C@@H](O)COP(=O)(O)OC[C@@H](COC(=O)CCCCCCCCC)OC(=O)CCCCCCCCCC(C)C)OC(=O)CCCCCCCCCCCCCCCCCC. The summed E-state index contributed by atoms with van der Waals surface area (Å²) in [6, 6.07) is 0. The minimum atomic E-state index is -4.96. The van der Waals surface area contributed by atoms with Gasteiger partial charge < -0.3 is 33.8 Å². The van der Waals surface area contributed by atoms with E-state index in [1.165, 1.54) is 122 Å². The van der Waals surface area contributed by atoms with Gasteiger partial charge in [-0.1, -0.05) is 277 Å². The summed E-state index contributed by atoms with van der Waals surface area (Å²) < 4.78 is 68.1. The quantitative estimate of drug-likeness (QED) is 0.0169. The van der Waals surface area contributed by atoms with Gasteiger partial charge in [-0.3, -0.25) is 37.3 Å². The first-order valence-electron chi connectivity index (χ1n) is 35.5. The van der Waals surface area contributed by atoms with E-state index in [0.717, 1.165) is 122 Å². The summed E-state index contributed by atoms with van der Waals surface area (Å²) in [5, 5.41) is 10.6. The van der Waals surface area contributed by atoms with Crippen molar-refractivity contribution in [2.45, 2.75) is 348 Å².